The van der Waals surface area contributed by atoms with Crippen LogP contribution in [0.15, 0.2) is 24.3 Å². The topological polar surface area (TPSA) is 37.8 Å². The first kappa shape index (κ1) is 14.8. The lowest BCUT2D eigenvalue weighted by Gasteiger charge is -2.13. The summed E-state index contributed by atoms with van der Waals surface area (Å²) in [5.41, 5.74) is 3.38. The Hall–Kier alpha value is -1.61. The predicted octanol–water partition coefficient (Wildman–Crippen LogP) is 4.02. The van der Waals surface area contributed by atoms with E-state index in [-0.39, 0.29) is 0 Å². The average molecular weight is 290 g/mol. The molecule has 0 amide bonds. The SMILES string of the molecule is CCNc1nc(Cc2cccc(Cl)c2)nc(C)c1CC. The zero-order valence-corrected chi connectivity index (χ0v) is 13.0. The van der Waals surface area contributed by atoms with Crippen LogP contribution in [0.2, 0.25) is 5.02 Å². The van der Waals surface area contributed by atoms with Gasteiger partial charge in [-0.25, -0.2) is 9.97 Å². The second-order valence-electron chi connectivity index (χ2n) is 4.74. The van der Waals surface area contributed by atoms with E-state index in [1.165, 1.54) is 5.56 Å². The second-order valence-corrected chi connectivity index (χ2v) is 5.18. The van der Waals surface area contributed by atoms with E-state index in [1.54, 1.807) is 0 Å². The van der Waals surface area contributed by atoms with Crippen molar-refractivity contribution >= 4 is 17.4 Å². The second kappa shape index (κ2) is 6.71. The van der Waals surface area contributed by atoms with Gasteiger partial charge in [0.05, 0.1) is 0 Å². The quantitative estimate of drug-likeness (QED) is 0.903. The predicted molar refractivity (Wildman–Crippen MR) is 84.6 cm³/mol. The van der Waals surface area contributed by atoms with Gasteiger partial charge in [-0.05, 0) is 38.0 Å². The summed E-state index contributed by atoms with van der Waals surface area (Å²) < 4.78 is 0. The molecule has 0 aliphatic heterocycles. The standard InChI is InChI=1S/C16H20ClN3/c1-4-14-11(3)19-15(20-16(14)18-5-2)10-12-7-6-8-13(17)9-12/h6-9H,4-5,10H2,1-3H3,(H,18,19,20). The van der Waals surface area contributed by atoms with Crippen molar-refractivity contribution in [2.75, 3.05) is 11.9 Å². The van der Waals surface area contributed by atoms with Gasteiger partial charge in [0, 0.05) is 29.2 Å². The Morgan fingerprint density at radius 1 is 1.20 bits per heavy atom. The molecule has 0 aliphatic rings. The van der Waals surface area contributed by atoms with Crippen molar-refractivity contribution < 1.29 is 0 Å². The summed E-state index contributed by atoms with van der Waals surface area (Å²) in [6.45, 7) is 7.11. The molecule has 4 heteroatoms. The Bertz CT molecular complexity index is 596. The van der Waals surface area contributed by atoms with Gasteiger partial charge in [0.15, 0.2) is 0 Å². The Kier molecular flexibility index (Phi) is 4.96. The molecule has 0 saturated carbocycles. The van der Waals surface area contributed by atoms with Crippen LogP contribution in [0.1, 0.15) is 36.5 Å². The normalized spacial score (nSPS) is 10.6. The van der Waals surface area contributed by atoms with Crippen molar-refractivity contribution in [2.45, 2.75) is 33.6 Å². The van der Waals surface area contributed by atoms with Gasteiger partial charge in [0.1, 0.15) is 11.6 Å². The maximum atomic E-state index is 6.02. The van der Waals surface area contributed by atoms with Gasteiger partial charge in [-0.3, -0.25) is 0 Å². The van der Waals surface area contributed by atoms with Crippen LogP contribution in [0.25, 0.3) is 0 Å². The minimum atomic E-state index is 0.698. The van der Waals surface area contributed by atoms with E-state index in [9.17, 15) is 0 Å². The average Bonchev–Trinajstić information content (AvgIpc) is 2.39. The van der Waals surface area contributed by atoms with Crippen molar-refractivity contribution in [3.8, 4) is 0 Å². The smallest absolute Gasteiger partial charge is 0.135 e. The fourth-order valence-electron chi connectivity index (χ4n) is 2.30. The number of nitrogens with one attached hydrogen (secondary N) is 1. The summed E-state index contributed by atoms with van der Waals surface area (Å²) in [5, 5.41) is 4.07. The highest BCUT2D eigenvalue weighted by Gasteiger charge is 2.10. The number of benzene rings is 1. The zero-order valence-electron chi connectivity index (χ0n) is 12.2. The molecule has 1 aromatic carbocycles. The van der Waals surface area contributed by atoms with E-state index in [0.29, 0.717) is 6.42 Å². The van der Waals surface area contributed by atoms with Gasteiger partial charge in [-0.15, -0.1) is 0 Å². The van der Waals surface area contributed by atoms with E-state index in [1.807, 2.05) is 31.2 Å². The van der Waals surface area contributed by atoms with Crippen LogP contribution in [0, 0.1) is 6.92 Å². The number of aromatic nitrogens is 2. The summed E-state index contributed by atoms with van der Waals surface area (Å²) in [7, 11) is 0. The monoisotopic (exact) mass is 289 g/mol. The third-order valence-corrected chi connectivity index (χ3v) is 3.44. The van der Waals surface area contributed by atoms with E-state index < -0.39 is 0 Å². The lowest BCUT2D eigenvalue weighted by molar-refractivity contribution is 0.901. The number of rotatable bonds is 5. The van der Waals surface area contributed by atoms with Crippen LogP contribution >= 0.6 is 11.6 Å². The van der Waals surface area contributed by atoms with Crippen molar-refractivity contribution in [2.24, 2.45) is 0 Å². The molecular weight excluding hydrogens is 270 g/mol. The third-order valence-electron chi connectivity index (χ3n) is 3.21. The number of hydrogen-bond donors (Lipinski definition) is 1. The molecule has 20 heavy (non-hydrogen) atoms. The van der Waals surface area contributed by atoms with Crippen molar-refractivity contribution in [1.82, 2.24) is 9.97 Å². The van der Waals surface area contributed by atoms with Gasteiger partial charge in [-0.2, -0.15) is 0 Å². The van der Waals surface area contributed by atoms with Crippen molar-refractivity contribution in [3.63, 3.8) is 0 Å². The van der Waals surface area contributed by atoms with Gasteiger partial charge >= 0.3 is 0 Å². The molecule has 0 aliphatic carbocycles. The molecule has 0 spiro atoms. The van der Waals surface area contributed by atoms with E-state index in [2.05, 4.69) is 29.1 Å². The molecule has 0 unspecified atom stereocenters. The molecule has 0 saturated heterocycles. The number of aryl methyl sites for hydroxylation is 1. The highest BCUT2D eigenvalue weighted by atomic mass is 35.5. The molecule has 2 aromatic rings. The van der Waals surface area contributed by atoms with E-state index >= 15 is 0 Å². The van der Waals surface area contributed by atoms with Crippen LogP contribution < -0.4 is 5.32 Å². The van der Waals surface area contributed by atoms with Crippen LogP contribution in [-0.4, -0.2) is 16.5 Å². The Balaban J connectivity index is 2.32. The van der Waals surface area contributed by atoms with Crippen LogP contribution in [0.5, 0.6) is 0 Å². The number of anilines is 1. The van der Waals surface area contributed by atoms with Gasteiger partial charge in [-0.1, -0.05) is 30.7 Å². The first-order valence-electron chi connectivity index (χ1n) is 6.98. The van der Waals surface area contributed by atoms with Gasteiger partial charge in [0.25, 0.3) is 0 Å². The first-order chi connectivity index (χ1) is 9.63. The molecule has 0 fully saturated rings. The summed E-state index contributed by atoms with van der Waals surface area (Å²) in [6.07, 6.45) is 1.63. The fraction of sp³-hybridized carbons (Fsp3) is 0.375. The van der Waals surface area contributed by atoms with E-state index in [4.69, 9.17) is 11.6 Å². The minimum Gasteiger partial charge on any atom is -0.370 e. The third kappa shape index (κ3) is 3.48. The number of hydrogen-bond acceptors (Lipinski definition) is 3. The molecule has 2 rings (SSSR count). The van der Waals surface area contributed by atoms with Gasteiger partial charge < -0.3 is 5.32 Å². The van der Waals surface area contributed by atoms with Crippen LogP contribution in [0.4, 0.5) is 5.82 Å². The lowest BCUT2D eigenvalue weighted by Crippen LogP contribution is -2.10. The molecule has 106 valence electrons. The molecule has 3 nitrogen and oxygen atoms in total. The summed E-state index contributed by atoms with van der Waals surface area (Å²) in [4.78, 5) is 9.27. The highest BCUT2D eigenvalue weighted by molar-refractivity contribution is 6.30. The van der Waals surface area contributed by atoms with Crippen LogP contribution in [-0.2, 0) is 12.8 Å². The molecule has 1 heterocycles. The number of nitrogens with zero attached hydrogens (tertiary/aromatic N) is 2. The lowest BCUT2D eigenvalue weighted by atomic mass is 10.1. The minimum absolute atomic E-state index is 0.698. The van der Waals surface area contributed by atoms with Crippen molar-refractivity contribution in [1.29, 1.82) is 0 Å². The van der Waals surface area contributed by atoms with Gasteiger partial charge in [0.2, 0.25) is 0 Å². The summed E-state index contributed by atoms with van der Waals surface area (Å²) >= 11 is 6.02. The highest BCUT2D eigenvalue weighted by Crippen LogP contribution is 2.19. The Labute approximate surface area is 125 Å². The first-order valence-corrected chi connectivity index (χ1v) is 7.36. The molecule has 1 aromatic heterocycles. The molecule has 0 atom stereocenters. The maximum Gasteiger partial charge on any atom is 0.135 e. The van der Waals surface area contributed by atoms with E-state index in [0.717, 1.165) is 40.9 Å². The fourth-order valence-corrected chi connectivity index (χ4v) is 2.51. The molecular formula is C16H20ClN3. The Morgan fingerprint density at radius 3 is 2.65 bits per heavy atom. The maximum absolute atomic E-state index is 6.02. The van der Waals surface area contributed by atoms with Crippen molar-refractivity contribution in [3.05, 3.63) is 51.9 Å². The molecule has 0 radical (unpaired) electrons. The largest absolute Gasteiger partial charge is 0.370 e. The van der Waals surface area contributed by atoms with Crippen LogP contribution in [0.3, 0.4) is 0 Å². The zero-order chi connectivity index (χ0) is 14.5. The molecule has 0 bridgehead atoms. The Morgan fingerprint density at radius 2 is 2.00 bits per heavy atom. The molecule has 1 N–H and O–H groups in total. The number of halogens is 1. The summed E-state index contributed by atoms with van der Waals surface area (Å²) in [6, 6.07) is 7.84. The summed E-state index contributed by atoms with van der Waals surface area (Å²) in [5.74, 6) is 1.79.